The molecule has 0 aromatic heterocycles. The Bertz CT molecular complexity index is 1190. The maximum Gasteiger partial charge on any atom is 0.265 e. The monoisotopic (exact) mass is 485 g/mol. The predicted octanol–water partition coefficient (Wildman–Crippen LogP) is 4.46. The van der Waals surface area contributed by atoms with Crippen LogP contribution in [-0.4, -0.2) is 37.5 Å². The minimum atomic E-state index is -4.07. The molecule has 0 atom stereocenters. The fourth-order valence-corrected chi connectivity index (χ4v) is 6.45. The van der Waals surface area contributed by atoms with Gasteiger partial charge in [0.15, 0.2) is 14.6 Å². The number of hydrogen-bond donors (Lipinski definition) is 2. The highest BCUT2D eigenvalue weighted by atomic mass is 32.2. The van der Waals surface area contributed by atoms with Crippen molar-refractivity contribution < 1.29 is 27.9 Å². The summed E-state index contributed by atoms with van der Waals surface area (Å²) in [5, 5.41) is 9.15. The second-order valence-corrected chi connectivity index (χ2v) is 10.9. The summed E-state index contributed by atoms with van der Waals surface area (Å²) in [5.41, 5.74) is 1.52. The van der Waals surface area contributed by atoms with Crippen molar-refractivity contribution in [3.63, 3.8) is 0 Å². The van der Waals surface area contributed by atoms with Gasteiger partial charge in [0.05, 0.1) is 4.90 Å². The molecule has 1 fully saturated rings. The lowest BCUT2D eigenvalue weighted by Crippen LogP contribution is -2.54. The molecule has 1 aliphatic heterocycles. The van der Waals surface area contributed by atoms with Gasteiger partial charge in [0.2, 0.25) is 0 Å². The number of hydroxylamine groups is 1. The maximum absolute atomic E-state index is 13.3. The highest BCUT2D eigenvalue weighted by Crippen LogP contribution is 2.36. The molecule has 3 aromatic rings. The summed E-state index contributed by atoms with van der Waals surface area (Å²) in [6, 6.07) is 23.5. The molecular formula is C24H23NO6S2. The molecule has 0 unspecified atom stereocenters. The van der Waals surface area contributed by atoms with E-state index in [9.17, 15) is 13.2 Å². The minimum absolute atomic E-state index is 0.0186. The van der Waals surface area contributed by atoms with Crippen LogP contribution in [0.15, 0.2) is 93.5 Å². The number of sulfone groups is 1. The van der Waals surface area contributed by atoms with Gasteiger partial charge in [-0.15, -0.1) is 0 Å². The number of rotatable bonds is 7. The van der Waals surface area contributed by atoms with Crippen molar-refractivity contribution >= 4 is 27.5 Å². The lowest BCUT2D eigenvalue weighted by molar-refractivity contribution is -0.134. The van der Waals surface area contributed by atoms with Crippen molar-refractivity contribution in [2.75, 3.05) is 13.2 Å². The van der Waals surface area contributed by atoms with Crippen LogP contribution in [0.4, 0.5) is 0 Å². The largest absolute Gasteiger partial charge is 0.457 e. The third kappa shape index (κ3) is 4.91. The first-order valence-corrected chi connectivity index (χ1v) is 12.6. The zero-order valence-electron chi connectivity index (χ0n) is 17.6. The topological polar surface area (TPSA) is 102 Å². The van der Waals surface area contributed by atoms with Gasteiger partial charge in [-0.1, -0.05) is 30.0 Å². The molecule has 4 rings (SSSR count). The molecule has 0 bridgehead atoms. The van der Waals surface area contributed by atoms with Crippen molar-refractivity contribution in [2.24, 2.45) is 0 Å². The van der Waals surface area contributed by atoms with Crippen molar-refractivity contribution in [3.8, 4) is 11.5 Å². The lowest BCUT2D eigenvalue weighted by Gasteiger charge is -2.34. The molecule has 1 amide bonds. The van der Waals surface area contributed by atoms with Gasteiger partial charge in [-0.25, -0.2) is 13.9 Å². The fourth-order valence-electron chi connectivity index (χ4n) is 3.67. The first-order chi connectivity index (χ1) is 15.9. The molecule has 1 saturated heterocycles. The summed E-state index contributed by atoms with van der Waals surface area (Å²) < 4.78 is 35.9. The predicted molar refractivity (Wildman–Crippen MR) is 123 cm³/mol. The van der Waals surface area contributed by atoms with Crippen molar-refractivity contribution in [1.82, 2.24) is 5.48 Å². The van der Waals surface area contributed by atoms with Gasteiger partial charge in [-0.2, -0.15) is 0 Å². The Morgan fingerprint density at radius 3 is 2.00 bits per heavy atom. The number of hydrogen-bond acceptors (Lipinski definition) is 7. The standard InChI is InChI=1S/C24H23NO6S2/c26-23(25-27)24(14-16-30-17-15-24)33(28,29)22-12-8-19(9-13-22)31-18-6-10-21(11-7-18)32-20-4-2-1-3-5-20/h1-13,27H,14-17H2,(H,25,26). The first-order valence-electron chi connectivity index (χ1n) is 10.3. The van der Waals surface area contributed by atoms with E-state index in [2.05, 4.69) is 0 Å². The summed E-state index contributed by atoms with van der Waals surface area (Å²) in [6.45, 7) is 0.235. The van der Waals surface area contributed by atoms with Gasteiger partial charge in [-0.05, 0) is 73.5 Å². The van der Waals surface area contributed by atoms with E-state index in [1.807, 2.05) is 54.6 Å². The highest BCUT2D eigenvalue weighted by Gasteiger charge is 2.52. The molecule has 0 saturated carbocycles. The Hall–Kier alpha value is -2.85. The quantitative estimate of drug-likeness (QED) is 0.376. The molecule has 3 aromatic carbocycles. The van der Waals surface area contributed by atoms with E-state index in [0.717, 1.165) is 9.79 Å². The minimum Gasteiger partial charge on any atom is -0.457 e. The van der Waals surface area contributed by atoms with E-state index >= 15 is 0 Å². The van der Waals surface area contributed by atoms with Gasteiger partial charge >= 0.3 is 0 Å². The smallest absolute Gasteiger partial charge is 0.265 e. The third-order valence-electron chi connectivity index (χ3n) is 5.50. The third-order valence-corrected chi connectivity index (χ3v) is 9.03. The van der Waals surface area contributed by atoms with Gasteiger partial charge in [-0.3, -0.25) is 10.0 Å². The average molecular weight is 486 g/mol. The molecule has 0 radical (unpaired) electrons. The van der Waals surface area contributed by atoms with Crippen molar-refractivity contribution in [1.29, 1.82) is 0 Å². The first kappa shape index (κ1) is 23.3. The Labute approximate surface area is 196 Å². The molecule has 9 heteroatoms. The van der Waals surface area contributed by atoms with Crippen LogP contribution in [0.5, 0.6) is 11.5 Å². The van der Waals surface area contributed by atoms with Gasteiger partial charge in [0, 0.05) is 23.0 Å². The number of benzene rings is 3. The molecule has 1 aliphatic rings. The number of nitrogens with one attached hydrogen (secondary N) is 1. The molecule has 0 spiro atoms. The van der Waals surface area contributed by atoms with Gasteiger partial charge in [0.25, 0.3) is 5.91 Å². The van der Waals surface area contributed by atoms with E-state index < -0.39 is 20.5 Å². The Morgan fingerprint density at radius 2 is 1.42 bits per heavy atom. The number of amides is 1. The summed E-state index contributed by atoms with van der Waals surface area (Å²) in [6.07, 6.45) is -0.0688. The van der Waals surface area contributed by atoms with Crippen molar-refractivity contribution in [3.05, 3.63) is 78.9 Å². The van der Waals surface area contributed by atoms with Crippen LogP contribution in [0.2, 0.25) is 0 Å². The molecule has 33 heavy (non-hydrogen) atoms. The second-order valence-electron chi connectivity index (χ2n) is 7.51. The number of ether oxygens (including phenoxy) is 2. The maximum atomic E-state index is 13.3. The van der Waals surface area contributed by atoms with E-state index in [0.29, 0.717) is 11.5 Å². The number of carbonyl (C=O) groups excluding carboxylic acids is 1. The summed E-state index contributed by atoms with van der Waals surface area (Å²) in [7, 11) is -4.07. The van der Waals surface area contributed by atoms with Crippen LogP contribution in [-0.2, 0) is 19.4 Å². The van der Waals surface area contributed by atoms with Gasteiger partial charge in [0.1, 0.15) is 11.5 Å². The molecular weight excluding hydrogens is 462 g/mol. The lowest BCUT2D eigenvalue weighted by atomic mass is 9.98. The summed E-state index contributed by atoms with van der Waals surface area (Å²) in [5.74, 6) is 0.133. The van der Waals surface area contributed by atoms with Crippen LogP contribution in [0.25, 0.3) is 0 Å². The molecule has 0 aliphatic carbocycles. The molecule has 2 N–H and O–H groups in total. The van der Waals surface area contributed by atoms with E-state index in [1.165, 1.54) is 17.6 Å². The van der Waals surface area contributed by atoms with E-state index in [1.54, 1.807) is 23.9 Å². The Morgan fingerprint density at radius 1 is 0.879 bits per heavy atom. The molecule has 172 valence electrons. The Balaban J connectivity index is 1.48. The second kappa shape index (κ2) is 9.96. The van der Waals surface area contributed by atoms with Gasteiger partial charge < -0.3 is 9.47 Å². The number of carbonyl (C=O) groups is 1. The average Bonchev–Trinajstić information content (AvgIpc) is 2.86. The van der Waals surface area contributed by atoms with Crippen LogP contribution in [0.3, 0.4) is 0 Å². The zero-order valence-corrected chi connectivity index (χ0v) is 19.3. The zero-order chi connectivity index (χ0) is 23.3. The van der Waals surface area contributed by atoms with Crippen LogP contribution in [0, 0.1) is 0 Å². The van der Waals surface area contributed by atoms with Crippen LogP contribution >= 0.6 is 11.8 Å². The molecule has 1 heterocycles. The van der Waals surface area contributed by atoms with Crippen molar-refractivity contribution in [2.45, 2.75) is 32.3 Å². The Kier molecular flexibility index (Phi) is 7.04. The highest BCUT2D eigenvalue weighted by molar-refractivity contribution is 7.99. The van der Waals surface area contributed by atoms with E-state index in [-0.39, 0.29) is 31.0 Å². The summed E-state index contributed by atoms with van der Waals surface area (Å²) in [4.78, 5) is 14.5. The van der Waals surface area contributed by atoms with E-state index in [4.69, 9.17) is 14.7 Å². The molecule has 7 nitrogen and oxygen atoms in total. The fraction of sp³-hybridized carbons (Fsp3) is 0.208. The van der Waals surface area contributed by atoms with Crippen LogP contribution in [0.1, 0.15) is 12.8 Å². The van der Waals surface area contributed by atoms with Crippen LogP contribution < -0.4 is 10.2 Å². The SMILES string of the molecule is O=C(NO)C1(S(=O)(=O)c2ccc(Oc3ccc(Sc4ccccc4)cc3)cc2)CCOCC1. The summed E-state index contributed by atoms with van der Waals surface area (Å²) >= 11 is 1.64. The normalized spacial score (nSPS) is 15.5.